The fourth-order valence-electron chi connectivity index (χ4n) is 1.94. The third-order valence-corrected chi connectivity index (χ3v) is 2.68. The second-order valence-corrected chi connectivity index (χ2v) is 5.14. The highest BCUT2D eigenvalue weighted by Crippen LogP contribution is 2.12. The summed E-state index contributed by atoms with van der Waals surface area (Å²) >= 11 is 0. The van der Waals surface area contributed by atoms with Crippen molar-refractivity contribution in [2.75, 3.05) is 0 Å². The van der Waals surface area contributed by atoms with E-state index in [4.69, 9.17) is 0 Å². The van der Waals surface area contributed by atoms with Gasteiger partial charge in [-0.3, -0.25) is 4.79 Å². The molecule has 0 aliphatic rings. The number of benzene rings is 1. The molecule has 1 rings (SSSR count). The Hall–Kier alpha value is -1.11. The molecule has 1 aromatic rings. The van der Waals surface area contributed by atoms with Gasteiger partial charge in [-0.2, -0.15) is 0 Å². The van der Waals surface area contributed by atoms with Gasteiger partial charge in [-0.05, 0) is 31.7 Å². The Kier molecular flexibility index (Phi) is 4.72. The molecule has 0 atom stereocenters. The van der Waals surface area contributed by atoms with Gasteiger partial charge < -0.3 is 0 Å². The summed E-state index contributed by atoms with van der Waals surface area (Å²) in [5, 5.41) is 0. The van der Waals surface area contributed by atoms with Gasteiger partial charge in [-0.1, -0.05) is 43.2 Å². The molecule has 0 heterocycles. The predicted octanol–water partition coefficient (Wildman–Crippen LogP) is 3.85. The Labute approximate surface area is 98.9 Å². The van der Waals surface area contributed by atoms with Crippen molar-refractivity contribution in [3.8, 4) is 0 Å². The molecular formula is C15H22O. The summed E-state index contributed by atoms with van der Waals surface area (Å²) < 4.78 is 0. The van der Waals surface area contributed by atoms with Crippen molar-refractivity contribution >= 4 is 5.78 Å². The molecule has 0 aromatic heterocycles. The molecule has 16 heavy (non-hydrogen) atoms. The molecular weight excluding hydrogens is 196 g/mol. The van der Waals surface area contributed by atoms with Crippen molar-refractivity contribution in [1.82, 2.24) is 0 Å². The Morgan fingerprint density at radius 3 is 2.19 bits per heavy atom. The van der Waals surface area contributed by atoms with Crippen LogP contribution in [0.25, 0.3) is 0 Å². The van der Waals surface area contributed by atoms with Gasteiger partial charge in [0, 0.05) is 12.8 Å². The highest BCUT2D eigenvalue weighted by molar-refractivity contribution is 5.80. The van der Waals surface area contributed by atoms with Gasteiger partial charge in [0.05, 0.1) is 0 Å². The first-order chi connectivity index (χ1) is 7.47. The number of hydrogen-bond donors (Lipinski definition) is 0. The van der Waals surface area contributed by atoms with E-state index < -0.39 is 0 Å². The average molecular weight is 218 g/mol. The molecule has 0 spiro atoms. The zero-order valence-corrected chi connectivity index (χ0v) is 10.8. The summed E-state index contributed by atoms with van der Waals surface area (Å²) in [6.07, 6.45) is 2.31. The fraction of sp³-hybridized carbons (Fsp3) is 0.533. The van der Waals surface area contributed by atoms with E-state index in [1.165, 1.54) is 11.1 Å². The number of aryl methyl sites for hydroxylation is 2. The molecule has 0 amide bonds. The lowest BCUT2D eigenvalue weighted by Crippen LogP contribution is -2.04. The summed E-state index contributed by atoms with van der Waals surface area (Å²) in [6, 6.07) is 6.36. The van der Waals surface area contributed by atoms with Crippen LogP contribution in [0.1, 0.15) is 43.4 Å². The molecule has 0 aliphatic heterocycles. The van der Waals surface area contributed by atoms with E-state index in [0.717, 1.165) is 12.0 Å². The number of ketones is 1. The molecule has 0 aliphatic carbocycles. The summed E-state index contributed by atoms with van der Waals surface area (Å²) in [4.78, 5) is 11.7. The van der Waals surface area contributed by atoms with Crippen molar-refractivity contribution < 1.29 is 4.79 Å². The average Bonchev–Trinajstić information content (AvgIpc) is 2.12. The third kappa shape index (κ3) is 4.61. The van der Waals surface area contributed by atoms with E-state index in [1.807, 2.05) is 0 Å². The van der Waals surface area contributed by atoms with Crippen LogP contribution in [0.2, 0.25) is 0 Å². The first-order valence-corrected chi connectivity index (χ1v) is 6.06. The third-order valence-electron chi connectivity index (χ3n) is 2.68. The van der Waals surface area contributed by atoms with Crippen LogP contribution >= 0.6 is 0 Å². The number of carbonyl (C=O) groups is 1. The monoisotopic (exact) mass is 218 g/mol. The van der Waals surface area contributed by atoms with Crippen LogP contribution in [-0.4, -0.2) is 5.78 Å². The number of Topliss-reactive ketones (excluding diaryl/α,β-unsaturated/α-hetero) is 1. The number of carbonyl (C=O) groups excluding carboxylic acids is 1. The van der Waals surface area contributed by atoms with Gasteiger partial charge >= 0.3 is 0 Å². The molecule has 0 saturated carbocycles. The van der Waals surface area contributed by atoms with Gasteiger partial charge in [-0.15, -0.1) is 0 Å². The predicted molar refractivity (Wildman–Crippen MR) is 68.7 cm³/mol. The minimum Gasteiger partial charge on any atom is -0.299 e. The number of rotatable bonds is 5. The van der Waals surface area contributed by atoms with E-state index in [2.05, 4.69) is 45.9 Å². The molecule has 0 bridgehead atoms. The Balaban J connectivity index is 2.56. The number of hydrogen-bond acceptors (Lipinski definition) is 1. The SMILES string of the molecule is Cc1cc(C)cc(CC(=O)CCC(C)C)c1. The van der Waals surface area contributed by atoms with E-state index in [9.17, 15) is 4.79 Å². The highest BCUT2D eigenvalue weighted by Gasteiger charge is 2.06. The Morgan fingerprint density at radius 1 is 1.12 bits per heavy atom. The molecule has 0 radical (unpaired) electrons. The molecule has 0 fully saturated rings. The van der Waals surface area contributed by atoms with Crippen LogP contribution < -0.4 is 0 Å². The topological polar surface area (TPSA) is 17.1 Å². The molecule has 1 heteroatoms. The first-order valence-electron chi connectivity index (χ1n) is 6.06. The second-order valence-electron chi connectivity index (χ2n) is 5.14. The summed E-state index contributed by atoms with van der Waals surface area (Å²) in [6.45, 7) is 8.47. The van der Waals surface area contributed by atoms with Crippen molar-refractivity contribution in [2.45, 2.75) is 47.0 Å². The highest BCUT2D eigenvalue weighted by atomic mass is 16.1. The van der Waals surface area contributed by atoms with Crippen molar-refractivity contribution in [1.29, 1.82) is 0 Å². The maximum atomic E-state index is 11.7. The van der Waals surface area contributed by atoms with Crippen LogP contribution in [0.5, 0.6) is 0 Å². The fourth-order valence-corrected chi connectivity index (χ4v) is 1.94. The normalized spacial score (nSPS) is 10.8. The lowest BCUT2D eigenvalue weighted by Gasteiger charge is -2.06. The van der Waals surface area contributed by atoms with Crippen molar-refractivity contribution in [2.24, 2.45) is 5.92 Å². The molecule has 0 N–H and O–H groups in total. The van der Waals surface area contributed by atoms with Crippen LogP contribution in [0.15, 0.2) is 18.2 Å². The van der Waals surface area contributed by atoms with E-state index in [-0.39, 0.29) is 0 Å². The Bertz CT molecular complexity index is 343. The zero-order valence-electron chi connectivity index (χ0n) is 10.8. The van der Waals surface area contributed by atoms with Crippen molar-refractivity contribution in [3.63, 3.8) is 0 Å². The van der Waals surface area contributed by atoms with Gasteiger partial charge in [-0.25, -0.2) is 0 Å². The van der Waals surface area contributed by atoms with Gasteiger partial charge in [0.25, 0.3) is 0 Å². The minimum atomic E-state index is 0.360. The minimum absolute atomic E-state index is 0.360. The van der Waals surface area contributed by atoms with E-state index >= 15 is 0 Å². The van der Waals surface area contributed by atoms with Crippen LogP contribution in [-0.2, 0) is 11.2 Å². The van der Waals surface area contributed by atoms with Crippen LogP contribution in [0, 0.1) is 19.8 Å². The van der Waals surface area contributed by atoms with E-state index in [1.54, 1.807) is 0 Å². The summed E-state index contributed by atoms with van der Waals surface area (Å²) in [5.74, 6) is 0.974. The van der Waals surface area contributed by atoms with Crippen LogP contribution in [0.4, 0.5) is 0 Å². The van der Waals surface area contributed by atoms with E-state index in [0.29, 0.717) is 24.5 Å². The second kappa shape index (κ2) is 5.83. The molecule has 88 valence electrons. The summed E-state index contributed by atoms with van der Waals surface area (Å²) in [5.41, 5.74) is 3.64. The smallest absolute Gasteiger partial charge is 0.137 e. The molecule has 0 unspecified atom stereocenters. The lowest BCUT2D eigenvalue weighted by molar-refractivity contribution is -0.118. The molecule has 0 saturated heterocycles. The first kappa shape index (κ1) is 13.0. The van der Waals surface area contributed by atoms with Crippen molar-refractivity contribution in [3.05, 3.63) is 34.9 Å². The lowest BCUT2D eigenvalue weighted by atomic mass is 9.99. The van der Waals surface area contributed by atoms with Gasteiger partial charge in [0.15, 0.2) is 0 Å². The standard InChI is InChI=1S/C15H22O/c1-11(2)5-6-15(16)10-14-8-12(3)7-13(4)9-14/h7-9,11H,5-6,10H2,1-4H3. The maximum Gasteiger partial charge on any atom is 0.137 e. The zero-order chi connectivity index (χ0) is 12.1. The van der Waals surface area contributed by atoms with Gasteiger partial charge in [0.1, 0.15) is 5.78 Å². The Morgan fingerprint density at radius 2 is 1.69 bits per heavy atom. The molecule has 1 aromatic carbocycles. The molecule has 1 nitrogen and oxygen atoms in total. The quantitative estimate of drug-likeness (QED) is 0.733. The van der Waals surface area contributed by atoms with Gasteiger partial charge in [0.2, 0.25) is 0 Å². The maximum absolute atomic E-state index is 11.7. The summed E-state index contributed by atoms with van der Waals surface area (Å²) in [7, 11) is 0. The largest absolute Gasteiger partial charge is 0.299 e. The van der Waals surface area contributed by atoms with Crippen LogP contribution in [0.3, 0.4) is 0 Å².